The van der Waals surface area contributed by atoms with Gasteiger partial charge in [-0.2, -0.15) is 5.10 Å². The third-order valence-corrected chi connectivity index (χ3v) is 5.00. The molecule has 8 nitrogen and oxygen atoms in total. The van der Waals surface area contributed by atoms with E-state index >= 15 is 0 Å². The van der Waals surface area contributed by atoms with Gasteiger partial charge in [0, 0.05) is 21.9 Å². The van der Waals surface area contributed by atoms with Crippen LogP contribution in [0.15, 0.2) is 46.0 Å². The number of nitrogens with zero attached hydrogens (tertiary/aromatic N) is 1. The Hall–Kier alpha value is -3.07. The molecular weight excluding hydrogens is 454 g/mol. The van der Waals surface area contributed by atoms with Gasteiger partial charge in [-0.3, -0.25) is 9.59 Å². The van der Waals surface area contributed by atoms with E-state index in [9.17, 15) is 9.59 Å². The quantitative estimate of drug-likeness (QED) is 0.472. The third kappa shape index (κ3) is 6.21. The zero-order valence-corrected chi connectivity index (χ0v) is 18.2. The molecule has 9 heteroatoms. The van der Waals surface area contributed by atoms with Crippen LogP contribution in [0.3, 0.4) is 0 Å². The maximum atomic E-state index is 12.2. The lowest BCUT2D eigenvalue weighted by atomic mass is 10.2. The Morgan fingerprint density at radius 1 is 1.10 bits per heavy atom. The van der Waals surface area contributed by atoms with Crippen LogP contribution in [0, 0.1) is 6.92 Å². The van der Waals surface area contributed by atoms with Crippen molar-refractivity contribution in [3.63, 3.8) is 0 Å². The number of carbonyl (C=O) groups excluding carboxylic acids is 2. The lowest BCUT2D eigenvalue weighted by Crippen LogP contribution is -2.26. The number of rotatable bonds is 7. The molecule has 0 unspecified atom stereocenters. The number of hydrogen-bond acceptors (Lipinski definition) is 6. The molecule has 0 radical (unpaired) electrons. The summed E-state index contributed by atoms with van der Waals surface area (Å²) in [4.78, 5) is 24.1. The number of hydrogen-bond donors (Lipinski definition) is 2. The van der Waals surface area contributed by atoms with Crippen LogP contribution in [0.5, 0.6) is 17.2 Å². The van der Waals surface area contributed by atoms with Gasteiger partial charge in [0.1, 0.15) is 19.0 Å². The van der Waals surface area contributed by atoms with E-state index in [1.54, 1.807) is 31.2 Å². The molecule has 2 aromatic rings. The van der Waals surface area contributed by atoms with E-state index in [1.165, 1.54) is 0 Å². The predicted molar refractivity (Wildman–Crippen MR) is 116 cm³/mol. The van der Waals surface area contributed by atoms with Crippen LogP contribution >= 0.6 is 15.9 Å². The molecule has 0 atom stereocenters. The van der Waals surface area contributed by atoms with E-state index in [2.05, 4.69) is 31.8 Å². The van der Waals surface area contributed by atoms with Crippen molar-refractivity contribution in [2.24, 2.45) is 5.10 Å². The highest BCUT2D eigenvalue weighted by Crippen LogP contribution is 2.32. The molecule has 1 aliphatic rings. The second-order valence-electron chi connectivity index (χ2n) is 6.67. The smallest absolute Gasteiger partial charge is 0.277 e. The summed E-state index contributed by atoms with van der Waals surface area (Å²) in [6.45, 7) is 4.39. The van der Waals surface area contributed by atoms with Gasteiger partial charge in [0.05, 0.1) is 6.42 Å². The molecule has 0 bridgehead atoms. The number of aryl methyl sites for hydroxylation is 1. The van der Waals surface area contributed by atoms with Crippen molar-refractivity contribution in [2.75, 3.05) is 25.1 Å². The Bertz CT molecular complexity index is 977. The van der Waals surface area contributed by atoms with Gasteiger partial charge in [-0.15, -0.1) is 0 Å². The summed E-state index contributed by atoms with van der Waals surface area (Å²) in [5, 5.41) is 6.71. The van der Waals surface area contributed by atoms with Gasteiger partial charge >= 0.3 is 0 Å². The minimum atomic E-state index is -0.415. The van der Waals surface area contributed by atoms with Gasteiger partial charge < -0.3 is 19.5 Å². The molecule has 0 saturated heterocycles. The number of benzene rings is 2. The fraction of sp³-hybridized carbons (Fsp3) is 0.286. The van der Waals surface area contributed by atoms with E-state index < -0.39 is 5.91 Å². The van der Waals surface area contributed by atoms with Crippen molar-refractivity contribution in [1.82, 2.24) is 5.43 Å². The monoisotopic (exact) mass is 475 g/mol. The second-order valence-corrected chi connectivity index (χ2v) is 7.52. The van der Waals surface area contributed by atoms with E-state index in [-0.39, 0.29) is 18.9 Å². The predicted octanol–water partition coefficient (Wildman–Crippen LogP) is 3.43. The number of ether oxygens (including phenoxy) is 3. The van der Waals surface area contributed by atoms with Crippen LogP contribution in [-0.4, -0.2) is 37.3 Å². The molecule has 0 spiro atoms. The largest absolute Gasteiger partial charge is 0.486 e. The minimum Gasteiger partial charge on any atom is -0.486 e. The van der Waals surface area contributed by atoms with Crippen molar-refractivity contribution >= 4 is 39.1 Å². The molecule has 1 heterocycles. The van der Waals surface area contributed by atoms with E-state index in [0.717, 1.165) is 10.0 Å². The highest BCUT2D eigenvalue weighted by molar-refractivity contribution is 9.10. The SMILES string of the molecule is C/C(CC(=O)Nc1ccc2c(c1)OCCO2)=N/NC(=O)COc1ccc(Br)c(C)c1. The second kappa shape index (κ2) is 10.1. The average molecular weight is 476 g/mol. The van der Waals surface area contributed by atoms with Crippen molar-refractivity contribution in [3.8, 4) is 17.2 Å². The molecule has 1 aliphatic heterocycles. The van der Waals surface area contributed by atoms with Crippen LogP contribution in [0.1, 0.15) is 18.9 Å². The van der Waals surface area contributed by atoms with Crippen LogP contribution in [-0.2, 0) is 9.59 Å². The molecule has 30 heavy (non-hydrogen) atoms. The fourth-order valence-corrected chi connectivity index (χ4v) is 2.89. The molecule has 0 aliphatic carbocycles. The lowest BCUT2D eigenvalue weighted by molar-refractivity contribution is -0.123. The number of amides is 2. The van der Waals surface area contributed by atoms with Crippen LogP contribution in [0.2, 0.25) is 0 Å². The molecule has 2 N–H and O–H groups in total. The molecule has 2 aromatic carbocycles. The highest BCUT2D eigenvalue weighted by atomic mass is 79.9. The van der Waals surface area contributed by atoms with Gasteiger partial charge in [-0.25, -0.2) is 5.43 Å². The fourth-order valence-electron chi connectivity index (χ4n) is 2.64. The summed E-state index contributed by atoms with van der Waals surface area (Å²) >= 11 is 3.41. The van der Waals surface area contributed by atoms with Crippen molar-refractivity contribution in [3.05, 3.63) is 46.4 Å². The Kier molecular flexibility index (Phi) is 7.29. The van der Waals surface area contributed by atoms with Gasteiger partial charge in [-0.05, 0) is 49.7 Å². The number of carbonyl (C=O) groups is 2. The molecule has 0 saturated carbocycles. The first kappa shape index (κ1) is 21.6. The molecule has 0 aromatic heterocycles. The van der Waals surface area contributed by atoms with Crippen molar-refractivity contribution in [2.45, 2.75) is 20.3 Å². The number of fused-ring (bicyclic) bond motifs is 1. The summed E-state index contributed by atoms with van der Waals surface area (Å²) in [5.41, 5.74) is 4.45. The summed E-state index contributed by atoms with van der Waals surface area (Å²) in [6.07, 6.45) is 0.0293. The Balaban J connectivity index is 1.44. The maximum absolute atomic E-state index is 12.2. The normalized spacial score (nSPS) is 12.8. The molecule has 0 fully saturated rings. The first-order chi connectivity index (χ1) is 14.4. The number of nitrogens with one attached hydrogen (secondary N) is 2. The highest BCUT2D eigenvalue weighted by Gasteiger charge is 2.13. The first-order valence-electron chi connectivity index (χ1n) is 9.31. The first-order valence-corrected chi connectivity index (χ1v) is 10.1. The molecule has 3 rings (SSSR count). The van der Waals surface area contributed by atoms with E-state index in [1.807, 2.05) is 19.1 Å². The van der Waals surface area contributed by atoms with Crippen LogP contribution in [0.4, 0.5) is 5.69 Å². The number of anilines is 1. The van der Waals surface area contributed by atoms with Crippen LogP contribution in [0.25, 0.3) is 0 Å². The standard InChI is InChI=1S/C21H22BrN3O5/c1-13-9-16(4-5-17(13)22)30-12-21(27)25-24-14(2)10-20(26)23-15-3-6-18-19(11-15)29-8-7-28-18/h3-6,9,11H,7-8,10,12H2,1-2H3,(H,23,26)(H,25,27)/b24-14-. The Labute approximate surface area is 182 Å². The zero-order chi connectivity index (χ0) is 21.5. The third-order valence-electron chi connectivity index (χ3n) is 4.11. The van der Waals surface area contributed by atoms with E-state index in [0.29, 0.717) is 41.9 Å². The summed E-state index contributed by atoms with van der Waals surface area (Å²) < 4.78 is 17.4. The lowest BCUT2D eigenvalue weighted by Gasteiger charge is -2.19. The Morgan fingerprint density at radius 3 is 2.63 bits per heavy atom. The summed E-state index contributed by atoms with van der Waals surface area (Å²) in [7, 11) is 0. The Morgan fingerprint density at radius 2 is 1.87 bits per heavy atom. The van der Waals surface area contributed by atoms with Gasteiger partial charge in [0.2, 0.25) is 5.91 Å². The summed E-state index contributed by atoms with van der Waals surface area (Å²) in [5.74, 6) is 1.16. The van der Waals surface area contributed by atoms with Crippen molar-refractivity contribution < 1.29 is 23.8 Å². The topological polar surface area (TPSA) is 98.3 Å². The van der Waals surface area contributed by atoms with Gasteiger partial charge in [0.15, 0.2) is 18.1 Å². The summed E-state index contributed by atoms with van der Waals surface area (Å²) in [6, 6.07) is 10.6. The minimum absolute atomic E-state index is 0.0293. The van der Waals surface area contributed by atoms with Gasteiger partial charge in [-0.1, -0.05) is 15.9 Å². The number of halogens is 1. The van der Waals surface area contributed by atoms with Gasteiger partial charge in [0.25, 0.3) is 5.91 Å². The van der Waals surface area contributed by atoms with Crippen LogP contribution < -0.4 is 25.0 Å². The average Bonchev–Trinajstić information content (AvgIpc) is 2.73. The van der Waals surface area contributed by atoms with E-state index in [4.69, 9.17) is 14.2 Å². The molecule has 158 valence electrons. The zero-order valence-electron chi connectivity index (χ0n) is 16.7. The number of hydrazone groups is 1. The molecular formula is C21H22BrN3O5. The molecule has 2 amide bonds. The maximum Gasteiger partial charge on any atom is 0.277 e. The van der Waals surface area contributed by atoms with Crippen molar-refractivity contribution in [1.29, 1.82) is 0 Å².